The number of benzene rings is 1. The van der Waals surface area contributed by atoms with Gasteiger partial charge in [0.1, 0.15) is 11.5 Å². The first-order valence-corrected chi connectivity index (χ1v) is 7.29. The third-order valence-corrected chi connectivity index (χ3v) is 3.75. The number of ether oxygens (including phenoxy) is 1. The Kier molecular flexibility index (Phi) is 4.91. The molecule has 0 amide bonds. The monoisotopic (exact) mass is 248 g/mol. The molecular formula is C16H24O2. The van der Waals surface area contributed by atoms with Crippen LogP contribution in [0.25, 0.3) is 0 Å². The van der Waals surface area contributed by atoms with E-state index in [-0.39, 0.29) is 0 Å². The zero-order chi connectivity index (χ0) is 12.8. The topological polar surface area (TPSA) is 29.5 Å². The van der Waals surface area contributed by atoms with Gasteiger partial charge in [0.25, 0.3) is 0 Å². The third kappa shape index (κ3) is 3.18. The van der Waals surface area contributed by atoms with E-state index in [1.807, 2.05) is 6.07 Å². The van der Waals surface area contributed by atoms with Crippen molar-refractivity contribution < 1.29 is 9.84 Å². The molecule has 0 spiro atoms. The molecule has 2 heteroatoms. The van der Waals surface area contributed by atoms with Gasteiger partial charge in [-0.1, -0.05) is 39.0 Å². The molecule has 1 heterocycles. The highest BCUT2D eigenvalue weighted by Crippen LogP contribution is 2.34. The van der Waals surface area contributed by atoms with Crippen LogP contribution in [0.15, 0.2) is 12.1 Å². The van der Waals surface area contributed by atoms with Crippen LogP contribution in [0.4, 0.5) is 0 Å². The van der Waals surface area contributed by atoms with E-state index in [1.165, 1.54) is 44.1 Å². The summed E-state index contributed by atoms with van der Waals surface area (Å²) in [5.41, 5.74) is 2.36. The van der Waals surface area contributed by atoms with Gasteiger partial charge in [-0.05, 0) is 25.0 Å². The molecule has 1 N–H and O–H groups in total. The number of unbranched alkanes of at least 4 members (excludes halogenated alkanes) is 5. The number of aromatic hydroxyl groups is 1. The van der Waals surface area contributed by atoms with Gasteiger partial charge in [0.05, 0.1) is 6.61 Å². The van der Waals surface area contributed by atoms with Gasteiger partial charge in [0.2, 0.25) is 0 Å². The summed E-state index contributed by atoms with van der Waals surface area (Å²) >= 11 is 0. The molecule has 0 saturated carbocycles. The molecule has 0 atom stereocenters. The Morgan fingerprint density at radius 2 is 1.89 bits per heavy atom. The Morgan fingerprint density at radius 1 is 1.11 bits per heavy atom. The van der Waals surface area contributed by atoms with E-state index in [0.717, 1.165) is 30.8 Å². The van der Waals surface area contributed by atoms with E-state index >= 15 is 0 Å². The molecule has 1 aliphatic rings. The average Bonchev–Trinajstić information content (AvgIpc) is 2.84. The lowest BCUT2D eigenvalue weighted by molar-refractivity contribution is 0.356. The Labute approximate surface area is 110 Å². The van der Waals surface area contributed by atoms with Crippen molar-refractivity contribution in [1.82, 2.24) is 0 Å². The van der Waals surface area contributed by atoms with Gasteiger partial charge in [-0.3, -0.25) is 0 Å². The van der Waals surface area contributed by atoms with Crippen LogP contribution in [0.3, 0.4) is 0 Å². The second kappa shape index (κ2) is 6.67. The maximum Gasteiger partial charge on any atom is 0.123 e. The lowest BCUT2D eigenvalue weighted by atomic mass is 9.98. The lowest BCUT2D eigenvalue weighted by Gasteiger charge is -2.09. The minimum atomic E-state index is 0.452. The Hall–Kier alpha value is -1.18. The standard InChI is InChI=1S/C16H24O2/c1-2-3-4-5-6-7-8-13-14-11-12-18-16(14)10-9-15(13)17/h9-10,17H,2-8,11-12H2,1H3. The first kappa shape index (κ1) is 13.3. The van der Waals surface area contributed by atoms with Gasteiger partial charge < -0.3 is 9.84 Å². The van der Waals surface area contributed by atoms with Gasteiger partial charge in [-0.25, -0.2) is 0 Å². The molecular weight excluding hydrogens is 224 g/mol. The molecule has 0 fully saturated rings. The maximum atomic E-state index is 9.96. The Balaban J connectivity index is 1.84. The predicted octanol–water partition coefficient (Wildman–Crippen LogP) is 4.23. The number of rotatable bonds is 7. The van der Waals surface area contributed by atoms with Crippen LogP contribution in [0.1, 0.15) is 56.6 Å². The molecule has 0 bridgehead atoms. The molecule has 1 aromatic carbocycles. The van der Waals surface area contributed by atoms with Crippen LogP contribution in [0.2, 0.25) is 0 Å². The lowest BCUT2D eigenvalue weighted by Crippen LogP contribution is -1.93. The summed E-state index contributed by atoms with van der Waals surface area (Å²) in [6.07, 6.45) is 9.69. The van der Waals surface area contributed by atoms with Crippen molar-refractivity contribution in [2.45, 2.75) is 58.3 Å². The molecule has 1 aromatic rings. The van der Waals surface area contributed by atoms with Gasteiger partial charge >= 0.3 is 0 Å². The fourth-order valence-corrected chi connectivity index (χ4v) is 2.69. The Morgan fingerprint density at radius 3 is 2.72 bits per heavy atom. The molecule has 0 aliphatic carbocycles. The molecule has 18 heavy (non-hydrogen) atoms. The van der Waals surface area contributed by atoms with E-state index in [1.54, 1.807) is 6.07 Å². The SMILES string of the molecule is CCCCCCCCc1c(O)ccc2c1CCO2. The van der Waals surface area contributed by atoms with Crippen LogP contribution >= 0.6 is 0 Å². The summed E-state index contributed by atoms with van der Waals surface area (Å²) in [5, 5.41) is 9.96. The predicted molar refractivity (Wildman–Crippen MR) is 74.4 cm³/mol. The Bertz CT molecular complexity index is 385. The van der Waals surface area contributed by atoms with Crippen molar-refractivity contribution in [1.29, 1.82) is 0 Å². The number of phenols is 1. The first-order chi connectivity index (χ1) is 8.83. The summed E-state index contributed by atoms with van der Waals surface area (Å²) in [5.74, 6) is 1.43. The minimum Gasteiger partial charge on any atom is -0.508 e. The zero-order valence-corrected chi connectivity index (χ0v) is 11.4. The normalized spacial score (nSPS) is 13.4. The van der Waals surface area contributed by atoms with Crippen molar-refractivity contribution in [3.05, 3.63) is 23.3 Å². The zero-order valence-electron chi connectivity index (χ0n) is 11.4. The van der Waals surface area contributed by atoms with Crippen LogP contribution in [0, 0.1) is 0 Å². The third-order valence-electron chi connectivity index (χ3n) is 3.75. The van der Waals surface area contributed by atoms with E-state index < -0.39 is 0 Å². The summed E-state index contributed by atoms with van der Waals surface area (Å²) < 4.78 is 5.54. The average molecular weight is 248 g/mol. The van der Waals surface area contributed by atoms with Crippen molar-refractivity contribution in [3.8, 4) is 11.5 Å². The molecule has 0 radical (unpaired) electrons. The molecule has 0 unspecified atom stereocenters. The summed E-state index contributed by atoms with van der Waals surface area (Å²) in [7, 11) is 0. The van der Waals surface area contributed by atoms with E-state index in [2.05, 4.69) is 6.92 Å². The fraction of sp³-hybridized carbons (Fsp3) is 0.625. The molecule has 2 nitrogen and oxygen atoms in total. The number of hydrogen-bond donors (Lipinski definition) is 1. The van der Waals surface area contributed by atoms with Gasteiger partial charge in [-0.15, -0.1) is 0 Å². The van der Waals surface area contributed by atoms with Crippen LogP contribution in [-0.2, 0) is 12.8 Å². The fourth-order valence-electron chi connectivity index (χ4n) is 2.69. The van der Waals surface area contributed by atoms with Crippen LogP contribution < -0.4 is 4.74 Å². The van der Waals surface area contributed by atoms with Crippen molar-refractivity contribution >= 4 is 0 Å². The number of phenolic OH excluding ortho intramolecular Hbond substituents is 1. The molecule has 100 valence electrons. The smallest absolute Gasteiger partial charge is 0.123 e. The summed E-state index contributed by atoms with van der Waals surface area (Å²) in [4.78, 5) is 0. The van der Waals surface area contributed by atoms with E-state index in [9.17, 15) is 5.11 Å². The quantitative estimate of drug-likeness (QED) is 0.732. The van der Waals surface area contributed by atoms with Gasteiger partial charge in [0.15, 0.2) is 0 Å². The van der Waals surface area contributed by atoms with Crippen LogP contribution in [0.5, 0.6) is 11.5 Å². The van der Waals surface area contributed by atoms with Gasteiger partial charge in [0, 0.05) is 17.5 Å². The summed E-state index contributed by atoms with van der Waals surface area (Å²) in [6, 6.07) is 3.67. The molecule has 0 aromatic heterocycles. The minimum absolute atomic E-state index is 0.452. The molecule has 2 rings (SSSR count). The van der Waals surface area contributed by atoms with Crippen molar-refractivity contribution in [2.24, 2.45) is 0 Å². The van der Waals surface area contributed by atoms with Crippen LogP contribution in [-0.4, -0.2) is 11.7 Å². The maximum absolute atomic E-state index is 9.96. The van der Waals surface area contributed by atoms with Crippen molar-refractivity contribution in [3.63, 3.8) is 0 Å². The number of fused-ring (bicyclic) bond motifs is 1. The number of hydrogen-bond acceptors (Lipinski definition) is 2. The van der Waals surface area contributed by atoms with E-state index in [4.69, 9.17) is 4.74 Å². The largest absolute Gasteiger partial charge is 0.508 e. The molecule has 1 aliphatic heterocycles. The highest BCUT2D eigenvalue weighted by Gasteiger charge is 2.18. The molecule has 0 saturated heterocycles. The first-order valence-electron chi connectivity index (χ1n) is 7.29. The second-order valence-electron chi connectivity index (χ2n) is 5.16. The van der Waals surface area contributed by atoms with Crippen molar-refractivity contribution in [2.75, 3.05) is 6.61 Å². The van der Waals surface area contributed by atoms with E-state index in [0.29, 0.717) is 5.75 Å². The summed E-state index contributed by atoms with van der Waals surface area (Å²) in [6.45, 7) is 3.01. The second-order valence-corrected chi connectivity index (χ2v) is 5.16. The highest BCUT2D eigenvalue weighted by atomic mass is 16.5. The van der Waals surface area contributed by atoms with Gasteiger partial charge in [-0.2, -0.15) is 0 Å². The highest BCUT2D eigenvalue weighted by molar-refractivity contribution is 5.49.